The first-order chi connectivity index (χ1) is 23.5. The number of methoxy groups -OCH3 is 1. The number of aromatic hydroxyl groups is 3. The van der Waals surface area contributed by atoms with Gasteiger partial charge in [-0.3, -0.25) is 19.2 Å². The molecule has 1 fully saturated rings. The van der Waals surface area contributed by atoms with Gasteiger partial charge in [0.2, 0.25) is 0 Å². The summed E-state index contributed by atoms with van der Waals surface area (Å²) in [5.74, 6) is -6.39. The van der Waals surface area contributed by atoms with Gasteiger partial charge < -0.3 is 61.0 Å². The van der Waals surface area contributed by atoms with Gasteiger partial charge in [0.25, 0.3) is 5.91 Å². The second-order valence-electron chi connectivity index (χ2n) is 12.5. The molecule has 6 rings (SSSR count). The fraction of sp³-hybridized carbons (Fsp3) is 0.353. The number of phenols is 3. The molecule has 10 N–H and O–H groups in total. The van der Waals surface area contributed by atoms with Crippen LogP contribution in [0.4, 0.5) is 0 Å². The van der Waals surface area contributed by atoms with Crippen LogP contribution < -0.4 is 15.8 Å². The van der Waals surface area contributed by atoms with Gasteiger partial charge in [0.1, 0.15) is 53.5 Å². The topological polar surface area (TPSA) is 276 Å². The lowest BCUT2D eigenvalue weighted by atomic mass is 9.74. The summed E-state index contributed by atoms with van der Waals surface area (Å²) in [5, 5.41) is 79.1. The lowest BCUT2D eigenvalue weighted by Gasteiger charge is -2.43. The Labute approximate surface area is 283 Å². The number of carboxylic acids is 1. The number of fused-ring (bicyclic) bond motifs is 5. The van der Waals surface area contributed by atoms with E-state index < -0.39 is 106 Å². The summed E-state index contributed by atoms with van der Waals surface area (Å²) in [7, 11) is 1.28. The number of benzene rings is 3. The lowest BCUT2D eigenvalue weighted by molar-refractivity contribution is -0.293. The van der Waals surface area contributed by atoms with E-state index in [0.717, 1.165) is 12.1 Å². The van der Waals surface area contributed by atoms with Crippen LogP contribution in [-0.4, -0.2) is 103 Å². The molecule has 1 saturated heterocycles. The smallest absolute Gasteiger partial charge is 0.325 e. The van der Waals surface area contributed by atoms with E-state index in [0.29, 0.717) is 0 Å². The maximum absolute atomic E-state index is 13.9. The number of nitrogens with one attached hydrogen (secondary N) is 1. The molecule has 0 radical (unpaired) electrons. The maximum Gasteiger partial charge on any atom is 0.325 e. The molecule has 3 aromatic carbocycles. The van der Waals surface area contributed by atoms with E-state index in [-0.39, 0.29) is 44.7 Å². The van der Waals surface area contributed by atoms with Gasteiger partial charge in [-0.25, -0.2) is 0 Å². The van der Waals surface area contributed by atoms with Crippen LogP contribution in [0.5, 0.6) is 23.0 Å². The Kier molecular flexibility index (Phi) is 8.58. The van der Waals surface area contributed by atoms with Crippen LogP contribution in [0.15, 0.2) is 24.3 Å². The zero-order chi connectivity index (χ0) is 36.7. The zero-order valence-corrected chi connectivity index (χ0v) is 27.0. The Bertz CT molecular complexity index is 1990. The second kappa shape index (κ2) is 12.3. The van der Waals surface area contributed by atoms with Crippen LogP contribution in [0, 0.1) is 6.92 Å². The van der Waals surface area contributed by atoms with Crippen molar-refractivity contribution in [3.8, 4) is 34.1 Å². The summed E-state index contributed by atoms with van der Waals surface area (Å²) < 4.78 is 16.9. The SMILES string of the molecule is COc1cc(O)c2c(c1)C(=O)c1c(cc3c(c1O)-c1c(cc(C)c(C(=O)N[C@H](C)C(=O)O)c1O)[C@H](O[C@@H]1O[C@H](C)[C@H](N)[C@H](O)[C@H]1O)[C@H]3O)C2=O. The standard InChI is InChI=1S/C34H34N2O14/c1-9-5-16-21(27(41)18(9)32(45)36-10(2)33(46)47)20-14(26(40)31(16)50-34-30(44)29(43)23(35)11(3)49-34)8-15-22(28(20)42)25(39)13-6-12(48-4)7-17(37)19(13)24(15)38/h5-8,10-11,23,26,29-31,34,37,40-44H,35H2,1-4H3,(H,36,45)(H,46,47)/t10-,11-,23+,26+,29+,30-,31+,34+/m1/s1. The molecular weight excluding hydrogens is 660 g/mol. The number of aliphatic hydroxyl groups excluding tert-OH is 3. The Balaban J connectivity index is 1.60. The van der Waals surface area contributed by atoms with Crippen LogP contribution in [0.3, 0.4) is 0 Å². The Hall–Kier alpha value is -5.10. The number of carbonyl (C=O) groups is 4. The van der Waals surface area contributed by atoms with Gasteiger partial charge in [0.15, 0.2) is 17.9 Å². The third-order valence-electron chi connectivity index (χ3n) is 9.43. The summed E-state index contributed by atoms with van der Waals surface area (Å²) in [6.45, 7) is 4.12. The van der Waals surface area contributed by atoms with E-state index in [9.17, 15) is 54.9 Å². The number of rotatable bonds is 6. The van der Waals surface area contributed by atoms with Crippen molar-refractivity contribution in [2.24, 2.45) is 5.73 Å². The lowest BCUT2D eigenvalue weighted by Crippen LogP contribution is -2.61. The molecule has 0 aromatic heterocycles. The van der Waals surface area contributed by atoms with Crippen molar-refractivity contribution in [1.82, 2.24) is 5.32 Å². The monoisotopic (exact) mass is 694 g/mol. The number of hydrogen-bond acceptors (Lipinski definition) is 14. The Morgan fingerprint density at radius 3 is 2.16 bits per heavy atom. The Morgan fingerprint density at radius 1 is 0.900 bits per heavy atom. The first-order valence-corrected chi connectivity index (χ1v) is 15.4. The quantitative estimate of drug-likeness (QED) is 0.134. The summed E-state index contributed by atoms with van der Waals surface area (Å²) in [4.78, 5) is 52.5. The van der Waals surface area contributed by atoms with Crippen LogP contribution in [0.25, 0.3) is 11.1 Å². The van der Waals surface area contributed by atoms with Crippen LogP contribution >= 0.6 is 0 Å². The number of amides is 1. The molecule has 0 bridgehead atoms. The van der Waals surface area contributed by atoms with Gasteiger partial charge in [-0.15, -0.1) is 0 Å². The number of hydrogen-bond donors (Lipinski definition) is 9. The average Bonchev–Trinajstić information content (AvgIpc) is 3.06. The van der Waals surface area contributed by atoms with Gasteiger partial charge in [0, 0.05) is 28.3 Å². The van der Waals surface area contributed by atoms with Crippen molar-refractivity contribution in [3.05, 3.63) is 68.8 Å². The van der Waals surface area contributed by atoms with Crippen molar-refractivity contribution in [3.63, 3.8) is 0 Å². The molecule has 0 spiro atoms. The summed E-state index contributed by atoms with van der Waals surface area (Å²) in [6, 6.07) is 2.34. The zero-order valence-electron chi connectivity index (χ0n) is 27.0. The average molecular weight is 695 g/mol. The molecule has 16 heteroatoms. The van der Waals surface area contributed by atoms with Gasteiger partial charge in [-0.2, -0.15) is 0 Å². The Morgan fingerprint density at radius 2 is 1.52 bits per heavy atom. The highest BCUT2D eigenvalue weighted by Crippen LogP contribution is 2.57. The van der Waals surface area contributed by atoms with Crippen molar-refractivity contribution in [1.29, 1.82) is 0 Å². The molecule has 3 aliphatic rings. The van der Waals surface area contributed by atoms with Crippen molar-refractivity contribution < 1.29 is 69.1 Å². The van der Waals surface area contributed by atoms with E-state index in [1.807, 2.05) is 0 Å². The minimum atomic E-state index is -1.81. The fourth-order valence-electron chi connectivity index (χ4n) is 6.72. The van der Waals surface area contributed by atoms with Crippen molar-refractivity contribution >= 4 is 23.4 Å². The van der Waals surface area contributed by atoms with Gasteiger partial charge >= 0.3 is 5.97 Å². The summed E-state index contributed by atoms with van der Waals surface area (Å²) >= 11 is 0. The number of ether oxygens (including phenoxy) is 3. The van der Waals surface area contributed by atoms with Crippen LogP contribution in [0.1, 0.15) is 84.9 Å². The number of aliphatic hydroxyl groups is 3. The number of carbonyl (C=O) groups excluding carboxylic acids is 3. The van der Waals surface area contributed by atoms with E-state index in [1.165, 1.54) is 40.0 Å². The molecule has 16 nitrogen and oxygen atoms in total. The number of phenolic OH excluding ortho intramolecular Hbond substituents is 3. The molecule has 0 unspecified atom stereocenters. The maximum atomic E-state index is 13.9. The van der Waals surface area contributed by atoms with E-state index >= 15 is 0 Å². The van der Waals surface area contributed by atoms with Gasteiger partial charge in [-0.1, -0.05) is 6.07 Å². The first-order valence-electron chi connectivity index (χ1n) is 15.4. The molecule has 1 aliphatic heterocycles. The fourth-order valence-corrected chi connectivity index (χ4v) is 6.72. The van der Waals surface area contributed by atoms with Crippen molar-refractivity contribution in [2.75, 3.05) is 7.11 Å². The number of nitrogens with two attached hydrogens (primary N) is 1. The van der Waals surface area contributed by atoms with Gasteiger partial charge in [-0.05, 0) is 49.6 Å². The summed E-state index contributed by atoms with van der Waals surface area (Å²) in [5.41, 5.74) is 2.92. The third-order valence-corrected chi connectivity index (χ3v) is 9.43. The molecule has 8 atom stereocenters. The normalized spacial score (nSPS) is 25.9. The molecule has 50 heavy (non-hydrogen) atoms. The van der Waals surface area contributed by atoms with Crippen LogP contribution in [-0.2, 0) is 14.3 Å². The molecule has 1 amide bonds. The number of ketones is 2. The second-order valence-corrected chi connectivity index (χ2v) is 12.5. The highest BCUT2D eigenvalue weighted by Gasteiger charge is 2.48. The predicted octanol–water partition coefficient (Wildman–Crippen LogP) is 0.664. The van der Waals surface area contributed by atoms with E-state index in [1.54, 1.807) is 0 Å². The van der Waals surface area contributed by atoms with E-state index in [2.05, 4.69) is 5.32 Å². The number of aryl methyl sites for hydroxylation is 1. The van der Waals surface area contributed by atoms with Crippen LogP contribution in [0.2, 0.25) is 0 Å². The summed E-state index contributed by atoms with van der Waals surface area (Å²) in [6.07, 6.45) is -9.07. The molecule has 3 aromatic rings. The van der Waals surface area contributed by atoms with E-state index in [4.69, 9.17) is 19.9 Å². The van der Waals surface area contributed by atoms with Gasteiger partial charge in [0.05, 0.1) is 35.9 Å². The molecule has 264 valence electrons. The highest BCUT2D eigenvalue weighted by atomic mass is 16.7. The minimum absolute atomic E-state index is 0.0379. The predicted molar refractivity (Wildman–Crippen MR) is 169 cm³/mol. The number of carboxylic acid groups (broad SMARTS) is 1. The molecule has 2 aliphatic carbocycles. The third kappa shape index (κ3) is 5.15. The first kappa shape index (κ1) is 34.8. The largest absolute Gasteiger partial charge is 0.507 e. The highest BCUT2D eigenvalue weighted by molar-refractivity contribution is 6.31. The molecule has 1 heterocycles. The minimum Gasteiger partial charge on any atom is -0.507 e. The van der Waals surface area contributed by atoms with Crippen molar-refractivity contribution in [2.45, 2.75) is 69.7 Å². The molecular formula is C34H34N2O14. The molecule has 0 saturated carbocycles. The number of aliphatic carboxylic acids is 1.